The van der Waals surface area contributed by atoms with Crippen molar-refractivity contribution in [1.82, 2.24) is 26.6 Å². The van der Waals surface area contributed by atoms with E-state index in [2.05, 4.69) is 130 Å². The van der Waals surface area contributed by atoms with Crippen LogP contribution in [0.4, 0.5) is 24.0 Å². The zero-order valence-corrected chi connectivity index (χ0v) is 86.0. The molecule has 0 saturated carbocycles. The van der Waals surface area contributed by atoms with Crippen LogP contribution in [-0.2, 0) is 139 Å². The Bertz CT molecular complexity index is 2980. The first kappa shape index (κ1) is 122. The van der Waals surface area contributed by atoms with E-state index in [9.17, 15) is 46.8 Å². The third kappa shape index (κ3) is 82.1. The van der Waals surface area contributed by atoms with Crippen LogP contribution in [0.1, 0.15) is 168 Å². The molecule has 0 aliphatic heterocycles. The molecule has 0 aromatic heterocycles. The van der Waals surface area contributed by atoms with Crippen molar-refractivity contribution in [3.8, 4) is 0 Å². The second-order valence-corrected chi connectivity index (χ2v) is 53.5. The van der Waals surface area contributed by atoms with Gasteiger partial charge in [0.2, 0.25) is 0 Å². The summed E-state index contributed by atoms with van der Waals surface area (Å²) in [5, 5.41) is 12.9. The van der Waals surface area contributed by atoms with E-state index < -0.39 is 96.0 Å². The Morgan fingerprint density at radius 3 is 0.582 bits per heavy atom. The number of phosphoric ester groups is 5. The number of alkyl carbamates (subject to hydrolysis) is 5. The third-order valence-electron chi connectivity index (χ3n) is 11.8. The van der Waals surface area contributed by atoms with Gasteiger partial charge >= 0.3 is 69.6 Å². The van der Waals surface area contributed by atoms with Crippen molar-refractivity contribution < 1.29 is 163 Å². The van der Waals surface area contributed by atoms with Crippen molar-refractivity contribution in [2.75, 3.05) is 208 Å². The van der Waals surface area contributed by atoms with Crippen molar-refractivity contribution in [2.24, 2.45) is 0 Å². The number of ether oxygens (including phenoxy) is 6. The number of carbonyl (C=O) groups excluding carboxylic acids is 5. The second kappa shape index (κ2) is 72.7. The van der Waals surface area contributed by atoms with E-state index >= 15 is 0 Å². The molecule has 0 fully saturated rings. The molecule has 0 aliphatic carbocycles. The Balaban J connectivity index is 6.12. The van der Waals surface area contributed by atoms with Crippen LogP contribution >= 0.6 is 147 Å². The third-order valence-corrected chi connectivity index (χ3v) is 34.9. The second-order valence-electron chi connectivity index (χ2n) is 29.3. The fourth-order valence-corrected chi connectivity index (χ4v) is 22.6. The number of hydrogen-bond donors (Lipinski definition) is 5. The van der Waals surface area contributed by atoms with Gasteiger partial charge in [-0.25, -0.2) is 66.3 Å². The van der Waals surface area contributed by atoms with Gasteiger partial charge in [-0.15, -0.1) is 18.7 Å². The summed E-state index contributed by atoms with van der Waals surface area (Å²) in [7, 11) is -3.44. The monoisotopic (exact) mass is 2050 g/mol. The van der Waals surface area contributed by atoms with Gasteiger partial charge in [0.05, 0.1) is 92.5 Å². The molecule has 0 aromatic carbocycles. The number of nitrogens with one attached hydrogen (secondary N) is 5. The van der Waals surface area contributed by atoms with Gasteiger partial charge in [0.1, 0.15) is 33.0 Å². The van der Waals surface area contributed by atoms with Crippen LogP contribution in [0.15, 0.2) is 0 Å². The van der Waals surface area contributed by atoms with Crippen LogP contribution < -0.4 is 26.6 Å². The molecule has 0 saturated heterocycles. The van der Waals surface area contributed by atoms with E-state index in [0.717, 1.165) is 7.11 Å². The SMILES string of the molecule is COCCCOP(=O)(OCCCNC(=O)OCCSSC(C)(C)C)OOCCCOP(=O)(OCCCNC(=O)OCCSSC(C)(C)C)OOCCCOP(=O)(OCCCNC(=O)OCCSSC(C)(C)C)OOCCCOP(=O)(OCCCNC(=O)OCCSSC(C)(C)C)OOCCCOP(=O)(OC)OCCCNC(=O)OCCSSC(C)(C)C. The van der Waals surface area contributed by atoms with Gasteiger partial charge in [-0.3, -0.25) is 49.8 Å². The van der Waals surface area contributed by atoms with Crippen LogP contribution in [0.5, 0.6) is 0 Å². The lowest BCUT2D eigenvalue weighted by atomic mass is 10.3. The van der Waals surface area contributed by atoms with Gasteiger partial charge < -0.3 is 55.0 Å². The van der Waals surface area contributed by atoms with Crippen LogP contribution in [0, 0.1) is 0 Å². The molecule has 40 nitrogen and oxygen atoms in total. The van der Waals surface area contributed by atoms with Crippen molar-refractivity contribution in [3.63, 3.8) is 0 Å². The first-order chi connectivity index (χ1) is 57.5. The molecule has 724 valence electrons. The molecule has 5 atom stereocenters. The maximum absolute atomic E-state index is 14.1. The number of amides is 5. The lowest BCUT2D eigenvalue weighted by Gasteiger charge is -2.19. The normalized spacial score (nSPS) is 14.8. The Labute approximate surface area is 761 Å². The molecule has 0 bridgehead atoms. The first-order valence-corrected chi connectivity index (χ1v) is 58.2. The van der Waals surface area contributed by atoms with Gasteiger partial charge in [-0.2, -0.15) is 0 Å². The van der Waals surface area contributed by atoms with E-state index in [1.54, 1.807) is 108 Å². The summed E-state index contributed by atoms with van der Waals surface area (Å²) >= 11 is 0. The summed E-state index contributed by atoms with van der Waals surface area (Å²) < 4.78 is 180. The van der Waals surface area contributed by atoms with Crippen molar-refractivity contribution in [1.29, 1.82) is 0 Å². The molecule has 0 aromatic rings. The Kier molecular flexibility index (Phi) is 72.8. The minimum absolute atomic E-state index is 0.00604. The highest BCUT2D eigenvalue weighted by molar-refractivity contribution is 8.78. The summed E-state index contributed by atoms with van der Waals surface area (Å²) in [5.74, 6) is 2.88. The fourth-order valence-electron chi connectivity index (χ4n) is 6.81. The van der Waals surface area contributed by atoms with E-state index in [-0.39, 0.29) is 220 Å². The van der Waals surface area contributed by atoms with E-state index in [4.69, 9.17) is 116 Å². The number of carbonyl (C=O) groups is 5. The molecular formula is C67H136N5O35P5S10. The molecule has 122 heavy (non-hydrogen) atoms. The molecule has 5 N–H and O–H groups in total. The van der Waals surface area contributed by atoms with E-state index in [0.29, 0.717) is 35.2 Å². The Morgan fingerprint density at radius 1 is 0.238 bits per heavy atom. The average molecular weight is 2050 g/mol. The molecule has 0 rings (SSSR count). The minimum atomic E-state index is -4.66. The zero-order valence-electron chi connectivity index (χ0n) is 73.4. The van der Waals surface area contributed by atoms with Gasteiger partial charge in [0, 0.05) is 106 Å². The molecule has 5 amide bonds. The lowest BCUT2D eigenvalue weighted by molar-refractivity contribution is -0.236. The number of phosphoric acid groups is 5. The average Bonchev–Trinajstić information content (AvgIpc) is 0.892. The topological polar surface area (TPSA) is 462 Å². The molecule has 0 heterocycles. The van der Waals surface area contributed by atoms with Gasteiger partial charge in [-0.05, 0) is 64.2 Å². The summed E-state index contributed by atoms with van der Waals surface area (Å²) in [6.07, 6.45) is -2.59. The predicted molar refractivity (Wildman–Crippen MR) is 487 cm³/mol. The molecule has 0 spiro atoms. The highest BCUT2D eigenvalue weighted by Gasteiger charge is 2.34. The standard InChI is InChI=1S/C67H136N5O35P5S10/c1-63(2,3)118-113-53-48-85-58(73)68-28-18-38-94-108(78,84-17)95-44-24-34-90-105-110(80,97-40-20-30-70-60(75)87-50-55-115-120-65(7,8)9)101-46-26-36-92-107-112(82,99-42-22-32-72-62(77)89-52-57-117-122-67(13,14)15)103-47-27-37-93-106-111(81,98-41-21-31-71-61(76)88-51-56-116-121-66(10,11)12)102-45-25-35-91-104-109(79,100-43-23-33-83-16)96-39-19-29-69-59(74)86-49-54-114-119-64(4,5)6/h18-57H2,1-17H3,(H,68,73)(H,69,74)(H,70,75)(H,71,76)(H,72,77). The summed E-state index contributed by atoms with van der Waals surface area (Å²) in [4.78, 5) is 82.3. The smallest absolute Gasteiger partial charge is 0.449 e. The van der Waals surface area contributed by atoms with E-state index in [1.165, 1.54) is 7.11 Å². The van der Waals surface area contributed by atoms with Gasteiger partial charge in [0.15, 0.2) is 0 Å². The number of rotatable bonds is 79. The highest BCUT2D eigenvalue weighted by Crippen LogP contribution is 2.54. The Morgan fingerprint density at radius 2 is 0.410 bits per heavy atom. The van der Waals surface area contributed by atoms with Crippen molar-refractivity contribution in [2.45, 2.75) is 192 Å². The summed E-state index contributed by atoms with van der Waals surface area (Å²) in [5.41, 5.74) is 0. The summed E-state index contributed by atoms with van der Waals surface area (Å²) in [6, 6.07) is 0. The maximum Gasteiger partial charge on any atom is 0.502 e. The van der Waals surface area contributed by atoms with Crippen LogP contribution in [0.25, 0.3) is 0 Å². The number of methoxy groups -OCH3 is 1. The van der Waals surface area contributed by atoms with Crippen LogP contribution in [0.3, 0.4) is 0 Å². The van der Waals surface area contributed by atoms with Gasteiger partial charge in [0.25, 0.3) is 0 Å². The molecule has 5 unspecified atom stereocenters. The largest absolute Gasteiger partial charge is 0.502 e. The van der Waals surface area contributed by atoms with Gasteiger partial charge in [-0.1, -0.05) is 212 Å². The quantitative estimate of drug-likeness (QED) is 0.00943. The van der Waals surface area contributed by atoms with E-state index in [1.807, 2.05) is 0 Å². The molecule has 55 heteroatoms. The van der Waals surface area contributed by atoms with Crippen LogP contribution in [0.2, 0.25) is 0 Å². The number of hydrogen-bond acceptors (Lipinski definition) is 45. The highest BCUT2D eigenvalue weighted by atomic mass is 33.1. The Hall–Kier alpha value is 0.200. The summed E-state index contributed by atoms with van der Waals surface area (Å²) in [6.45, 7) is 28.4. The molecular weight excluding hydrogens is 1910 g/mol. The maximum atomic E-state index is 14.1. The minimum Gasteiger partial charge on any atom is -0.449 e. The molecule has 0 radical (unpaired) electrons. The first-order valence-electron chi connectivity index (χ1n) is 39.3. The van der Waals surface area contributed by atoms with Crippen LogP contribution in [-0.4, -0.2) is 262 Å². The molecule has 0 aliphatic rings. The zero-order chi connectivity index (χ0) is 91.5. The lowest BCUT2D eigenvalue weighted by Crippen LogP contribution is -2.26. The fraction of sp³-hybridized carbons (Fsp3) is 0.925. The predicted octanol–water partition coefficient (Wildman–Crippen LogP) is 19.2. The van der Waals surface area contributed by atoms with Crippen molar-refractivity contribution >= 4 is 178 Å². The van der Waals surface area contributed by atoms with Crippen molar-refractivity contribution in [3.05, 3.63) is 0 Å².